The zero-order valence-electron chi connectivity index (χ0n) is 10.3. The third-order valence-corrected chi connectivity index (χ3v) is 3.42. The summed E-state index contributed by atoms with van der Waals surface area (Å²) in [6.45, 7) is 1.91. The van der Waals surface area contributed by atoms with Gasteiger partial charge in [0.05, 0.1) is 0 Å². The van der Waals surface area contributed by atoms with Crippen molar-refractivity contribution in [2.75, 3.05) is 5.73 Å². The van der Waals surface area contributed by atoms with Crippen LogP contribution in [0.4, 0.5) is 5.69 Å². The van der Waals surface area contributed by atoms with E-state index in [0.717, 1.165) is 5.56 Å². The zero-order chi connectivity index (χ0) is 14.0. The van der Waals surface area contributed by atoms with E-state index in [1.165, 1.54) is 12.1 Å². The molecule has 0 spiro atoms. The number of hydrogen-bond donors (Lipinski definition) is 2. The molecular weight excluding hydrogens is 264 g/mol. The summed E-state index contributed by atoms with van der Waals surface area (Å²) >= 11 is 0. The van der Waals surface area contributed by atoms with Gasteiger partial charge in [0.25, 0.3) is 0 Å². The van der Waals surface area contributed by atoms with E-state index in [-0.39, 0.29) is 10.6 Å². The van der Waals surface area contributed by atoms with E-state index in [4.69, 9.17) is 15.6 Å². The predicted octanol–water partition coefficient (Wildman–Crippen LogP) is 2.02. The van der Waals surface area contributed by atoms with Crippen LogP contribution in [0.25, 0.3) is 0 Å². The minimum Gasteiger partial charge on any atom is -0.456 e. The van der Waals surface area contributed by atoms with Crippen molar-refractivity contribution in [1.29, 1.82) is 0 Å². The molecule has 0 aromatic heterocycles. The van der Waals surface area contributed by atoms with E-state index in [1.807, 2.05) is 19.1 Å². The maximum absolute atomic E-state index is 11.5. The van der Waals surface area contributed by atoms with Crippen molar-refractivity contribution in [3.63, 3.8) is 0 Å². The highest BCUT2D eigenvalue weighted by atomic mass is 32.2. The van der Waals surface area contributed by atoms with Crippen molar-refractivity contribution in [1.82, 2.24) is 0 Å². The molecule has 0 aliphatic rings. The lowest BCUT2D eigenvalue weighted by molar-refractivity contribution is 0.467. The Morgan fingerprint density at radius 2 is 1.84 bits per heavy atom. The van der Waals surface area contributed by atoms with E-state index >= 15 is 0 Å². The molecular formula is C13H14N2O3S. The first-order valence-corrected chi connectivity index (χ1v) is 7.08. The summed E-state index contributed by atoms with van der Waals surface area (Å²) in [5.74, 6) is 0.692. The molecule has 0 saturated carbocycles. The van der Waals surface area contributed by atoms with Gasteiger partial charge in [0.2, 0.25) is 10.0 Å². The van der Waals surface area contributed by atoms with Gasteiger partial charge in [-0.05, 0) is 42.8 Å². The molecule has 4 N–H and O–H groups in total. The summed E-state index contributed by atoms with van der Waals surface area (Å²) in [6, 6.07) is 11.6. The summed E-state index contributed by atoms with van der Waals surface area (Å²) in [4.78, 5) is -0.131. The highest BCUT2D eigenvalue weighted by Gasteiger charge is 2.16. The predicted molar refractivity (Wildman–Crippen MR) is 73.5 cm³/mol. The number of benzene rings is 2. The monoisotopic (exact) mass is 278 g/mol. The molecule has 2 aromatic rings. The average Bonchev–Trinajstić information content (AvgIpc) is 2.30. The van der Waals surface area contributed by atoms with Gasteiger partial charge in [0.15, 0.2) is 0 Å². The van der Waals surface area contributed by atoms with Gasteiger partial charge >= 0.3 is 0 Å². The van der Waals surface area contributed by atoms with Crippen molar-refractivity contribution < 1.29 is 13.2 Å². The Kier molecular flexibility index (Phi) is 3.46. The standard InChI is InChI=1S/C13H14N2O3S/c1-9-3-2-4-11(7-9)18-12-6-5-10(14)8-13(12)19(15,16)17/h2-8H,14H2,1H3,(H2,15,16,17). The minimum atomic E-state index is -3.89. The molecule has 0 unspecified atom stereocenters. The van der Waals surface area contributed by atoms with Crippen molar-refractivity contribution >= 4 is 15.7 Å². The quantitative estimate of drug-likeness (QED) is 0.839. The number of nitrogen functional groups attached to an aromatic ring is 1. The highest BCUT2D eigenvalue weighted by molar-refractivity contribution is 7.89. The number of nitrogens with two attached hydrogens (primary N) is 2. The van der Waals surface area contributed by atoms with Gasteiger partial charge < -0.3 is 10.5 Å². The SMILES string of the molecule is Cc1cccc(Oc2ccc(N)cc2S(N)(=O)=O)c1. The smallest absolute Gasteiger partial charge is 0.241 e. The molecule has 0 atom stereocenters. The van der Waals surface area contributed by atoms with E-state index < -0.39 is 10.0 Å². The molecule has 0 aliphatic heterocycles. The van der Waals surface area contributed by atoms with Crippen molar-refractivity contribution in [2.45, 2.75) is 11.8 Å². The third-order valence-electron chi connectivity index (χ3n) is 2.49. The lowest BCUT2D eigenvalue weighted by atomic mass is 10.2. The summed E-state index contributed by atoms with van der Waals surface area (Å²) in [5.41, 5.74) is 6.88. The van der Waals surface area contributed by atoms with Crippen molar-refractivity contribution in [3.05, 3.63) is 48.0 Å². The van der Waals surface area contributed by atoms with Gasteiger partial charge in [-0.1, -0.05) is 12.1 Å². The summed E-state index contributed by atoms with van der Waals surface area (Å²) in [5, 5.41) is 5.15. The fourth-order valence-corrected chi connectivity index (χ4v) is 2.33. The summed E-state index contributed by atoms with van der Waals surface area (Å²) in [6.07, 6.45) is 0. The summed E-state index contributed by atoms with van der Waals surface area (Å²) < 4.78 is 28.6. The van der Waals surface area contributed by atoms with Crippen LogP contribution in [0, 0.1) is 6.92 Å². The first kappa shape index (κ1) is 13.4. The Balaban J connectivity index is 2.46. The molecule has 2 rings (SSSR count). The second-order valence-corrected chi connectivity index (χ2v) is 5.70. The zero-order valence-corrected chi connectivity index (χ0v) is 11.1. The number of rotatable bonds is 3. The molecule has 0 heterocycles. The van der Waals surface area contributed by atoms with Gasteiger partial charge in [-0.15, -0.1) is 0 Å². The normalized spacial score (nSPS) is 11.3. The Bertz CT molecular complexity index is 712. The van der Waals surface area contributed by atoms with E-state index in [1.54, 1.807) is 18.2 Å². The largest absolute Gasteiger partial charge is 0.456 e. The van der Waals surface area contributed by atoms with Crippen molar-refractivity contribution in [2.24, 2.45) is 5.14 Å². The topological polar surface area (TPSA) is 95.4 Å². The van der Waals surface area contributed by atoms with Crippen molar-refractivity contribution in [3.8, 4) is 11.5 Å². The van der Waals surface area contributed by atoms with E-state index in [9.17, 15) is 8.42 Å². The second-order valence-electron chi connectivity index (χ2n) is 4.17. The molecule has 0 radical (unpaired) electrons. The van der Waals surface area contributed by atoms with Gasteiger partial charge in [-0.3, -0.25) is 0 Å². The number of hydrogen-bond acceptors (Lipinski definition) is 4. The Hall–Kier alpha value is -2.05. The fraction of sp³-hybridized carbons (Fsp3) is 0.0769. The Morgan fingerprint density at radius 3 is 2.47 bits per heavy atom. The lowest BCUT2D eigenvalue weighted by Crippen LogP contribution is -2.13. The molecule has 0 bridgehead atoms. The summed E-state index contributed by atoms with van der Waals surface area (Å²) in [7, 11) is -3.89. The molecule has 0 amide bonds. The van der Waals surface area contributed by atoms with Crippen LogP contribution in [-0.4, -0.2) is 8.42 Å². The van der Waals surface area contributed by atoms with Gasteiger partial charge in [0, 0.05) is 5.69 Å². The average molecular weight is 278 g/mol. The second kappa shape index (κ2) is 4.91. The van der Waals surface area contributed by atoms with Gasteiger partial charge in [-0.2, -0.15) is 0 Å². The van der Waals surface area contributed by atoms with Gasteiger partial charge in [-0.25, -0.2) is 13.6 Å². The number of anilines is 1. The van der Waals surface area contributed by atoms with E-state index in [0.29, 0.717) is 11.4 Å². The number of ether oxygens (including phenoxy) is 1. The molecule has 5 nitrogen and oxygen atoms in total. The van der Waals surface area contributed by atoms with Crippen LogP contribution in [0.1, 0.15) is 5.56 Å². The van der Waals surface area contributed by atoms with Crippen LogP contribution in [-0.2, 0) is 10.0 Å². The van der Waals surface area contributed by atoms with Crippen LogP contribution in [0.5, 0.6) is 11.5 Å². The molecule has 0 fully saturated rings. The molecule has 6 heteroatoms. The number of sulfonamides is 1. The first-order valence-electron chi connectivity index (χ1n) is 5.53. The molecule has 0 aliphatic carbocycles. The fourth-order valence-electron chi connectivity index (χ4n) is 1.64. The Labute approximate surface area is 111 Å². The van der Waals surface area contributed by atoms with Crippen LogP contribution in [0.3, 0.4) is 0 Å². The molecule has 19 heavy (non-hydrogen) atoms. The third kappa shape index (κ3) is 3.24. The van der Waals surface area contributed by atoms with Gasteiger partial charge in [0.1, 0.15) is 16.4 Å². The minimum absolute atomic E-state index is 0.131. The maximum Gasteiger partial charge on any atom is 0.241 e. The van der Waals surface area contributed by atoms with Crippen LogP contribution in [0.2, 0.25) is 0 Å². The molecule has 100 valence electrons. The van der Waals surface area contributed by atoms with E-state index in [2.05, 4.69) is 0 Å². The first-order chi connectivity index (χ1) is 8.86. The van der Waals surface area contributed by atoms with Crippen LogP contribution in [0.15, 0.2) is 47.4 Å². The van der Waals surface area contributed by atoms with Crippen LogP contribution < -0.4 is 15.6 Å². The lowest BCUT2D eigenvalue weighted by Gasteiger charge is -2.10. The van der Waals surface area contributed by atoms with Crippen LogP contribution >= 0.6 is 0 Å². The maximum atomic E-state index is 11.5. The highest BCUT2D eigenvalue weighted by Crippen LogP contribution is 2.30. The molecule has 0 saturated heterocycles. The molecule has 2 aromatic carbocycles. The Morgan fingerprint density at radius 1 is 1.11 bits per heavy atom. The number of primary sulfonamides is 1. The number of aryl methyl sites for hydroxylation is 1.